The van der Waals surface area contributed by atoms with Crippen LogP contribution in [0.4, 0.5) is 0 Å². The van der Waals surface area contributed by atoms with Crippen LogP contribution in [0, 0.1) is 6.92 Å². The van der Waals surface area contributed by atoms with Gasteiger partial charge < -0.3 is 14.5 Å². The summed E-state index contributed by atoms with van der Waals surface area (Å²) >= 11 is 0. The summed E-state index contributed by atoms with van der Waals surface area (Å²) in [6.07, 6.45) is 0. The highest BCUT2D eigenvalue weighted by molar-refractivity contribution is 5.96. The van der Waals surface area contributed by atoms with Crippen molar-refractivity contribution in [3.05, 3.63) is 59.8 Å². The molecule has 112 valence electrons. The molecule has 0 aliphatic rings. The Bertz CT molecular complexity index is 803. The minimum absolute atomic E-state index is 0.348. The lowest BCUT2D eigenvalue weighted by atomic mass is 10.2. The second kappa shape index (κ2) is 5.93. The van der Waals surface area contributed by atoms with E-state index in [1.54, 1.807) is 13.0 Å². The Kier molecular flexibility index (Phi) is 3.83. The quantitative estimate of drug-likeness (QED) is 0.724. The number of nitrogens with one attached hydrogen (secondary N) is 1. The van der Waals surface area contributed by atoms with Crippen LogP contribution in [0.1, 0.15) is 23.0 Å². The molecule has 0 bridgehead atoms. The van der Waals surface area contributed by atoms with Gasteiger partial charge in [0, 0.05) is 5.39 Å². The van der Waals surface area contributed by atoms with Gasteiger partial charge in [0.05, 0.1) is 12.1 Å². The first-order valence-electron chi connectivity index (χ1n) is 7.21. The maximum atomic E-state index is 11.8. The number of ether oxygens (including phenoxy) is 2. The number of hydrogen-bond donors (Lipinski definition) is 1. The van der Waals surface area contributed by atoms with E-state index in [9.17, 15) is 4.79 Å². The van der Waals surface area contributed by atoms with E-state index in [0.29, 0.717) is 18.1 Å². The van der Waals surface area contributed by atoms with Crippen LogP contribution in [-0.2, 0) is 4.74 Å². The van der Waals surface area contributed by atoms with E-state index in [4.69, 9.17) is 9.47 Å². The van der Waals surface area contributed by atoms with Gasteiger partial charge in [0.25, 0.3) is 0 Å². The van der Waals surface area contributed by atoms with Crippen molar-refractivity contribution < 1.29 is 14.3 Å². The topological polar surface area (TPSA) is 51.3 Å². The average Bonchev–Trinajstić information content (AvgIpc) is 2.95. The summed E-state index contributed by atoms with van der Waals surface area (Å²) in [5.74, 6) is 1.07. The molecule has 0 aliphatic carbocycles. The number of para-hydroxylation sites is 1. The first kappa shape index (κ1) is 14.2. The standard InChI is InChI=1S/C18H17NO3/c1-3-21-18(20)15-11-13-5-4-6-16(17(13)19-15)22-14-9-7-12(2)8-10-14/h4-11,19H,3H2,1-2H3. The molecule has 0 spiro atoms. The van der Waals surface area contributed by atoms with E-state index >= 15 is 0 Å². The minimum atomic E-state index is -0.361. The molecular formula is C18H17NO3. The molecule has 0 aliphatic heterocycles. The molecule has 3 aromatic rings. The van der Waals surface area contributed by atoms with Crippen molar-refractivity contribution in [3.8, 4) is 11.5 Å². The second-order valence-electron chi connectivity index (χ2n) is 5.04. The number of aromatic amines is 1. The largest absolute Gasteiger partial charge is 0.461 e. The third-order valence-corrected chi connectivity index (χ3v) is 3.36. The molecule has 0 atom stereocenters. The lowest BCUT2D eigenvalue weighted by Crippen LogP contribution is -2.04. The molecule has 0 saturated carbocycles. The summed E-state index contributed by atoms with van der Waals surface area (Å²) in [4.78, 5) is 14.9. The number of fused-ring (bicyclic) bond motifs is 1. The maximum Gasteiger partial charge on any atom is 0.354 e. The Balaban J connectivity index is 1.95. The molecular weight excluding hydrogens is 278 g/mol. The third-order valence-electron chi connectivity index (χ3n) is 3.36. The molecule has 0 radical (unpaired) electrons. The lowest BCUT2D eigenvalue weighted by molar-refractivity contribution is 0.0520. The zero-order valence-electron chi connectivity index (χ0n) is 12.6. The van der Waals surface area contributed by atoms with Gasteiger partial charge in [-0.2, -0.15) is 0 Å². The van der Waals surface area contributed by atoms with Crippen LogP contribution in [0.2, 0.25) is 0 Å². The molecule has 4 nitrogen and oxygen atoms in total. The van der Waals surface area contributed by atoms with Gasteiger partial charge in [-0.3, -0.25) is 0 Å². The second-order valence-corrected chi connectivity index (χ2v) is 5.04. The fourth-order valence-corrected chi connectivity index (χ4v) is 2.27. The molecule has 1 heterocycles. The Morgan fingerprint density at radius 2 is 1.91 bits per heavy atom. The highest BCUT2D eigenvalue weighted by Crippen LogP contribution is 2.30. The summed E-state index contributed by atoms with van der Waals surface area (Å²) in [6, 6.07) is 15.3. The first-order valence-corrected chi connectivity index (χ1v) is 7.21. The van der Waals surface area contributed by atoms with Gasteiger partial charge in [0.2, 0.25) is 0 Å². The predicted molar refractivity (Wildman–Crippen MR) is 85.5 cm³/mol. The number of benzene rings is 2. The molecule has 1 aromatic heterocycles. The van der Waals surface area contributed by atoms with Crippen LogP contribution in [0.25, 0.3) is 10.9 Å². The molecule has 0 saturated heterocycles. The van der Waals surface area contributed by atoms with Crippen molar-refractivity contribution in [2.24, 2.45) is 0 Å². The smallest absolute Gasteiger partial charge is 0.354 e. The molecule has 0 fully saturated rings. The number of carbonyl (C=O) groups is 1. The van der Waals surface area contributed by atoms with Crippen LogP contribution in [-0.4, -0.2) is 17.6 Å². The number of H-pyrrole nitrogens is 1. The fraction of sp³-hybridized carbons (Fsp3) is 0.167. The van der Waals surface area contributed by atoms with E-state index in [2.05, 4.69) is 4.98 Å². The SMILES string of the molecule is CCOC(=O)c1cc2cccc(Oc3ccc(C)cc3)c2[nH]1. The van der Waals surface area contributed by atoms with Crippen molar-refractivity contribution in [2.75, 3.05) is 6.61 Å². The number of esters is 1. The average molecular weight is 295 g/mol. The summed E-state index contributed by atoms with van der Waals surface area (Å²) in [7, 11) is 0. The Morgan fingerprint density at radius 3 is 2.64 bits per heavy atom. The number of aromatic nitrogens is 1. The van der Waals surface area contributed by atoms with Gasteiger partial charge in [0.15, 0.2) is 5.75 Å². The molecule has 22 heavy (non-hydrogen) atoms. The fourth-order valence-electron chi connectivity index (χ4n) is 2.27. The Hall–Kier alpha value is -2.75. The molecule has 0 amide bonds. The van der Waals surface area contributed by atoms with Crippen LogP contribution in [0.3, 0.4) is 0 Å². The molecule has 0 unspecified atom stereocenters. The lowest BCUT2D eigenvalue weighted by Gasteiger charge is -2.07. The summed E-state index contributed by atoms with van der Waals surface area (Å²) in [6.45, 7) is 4.16. The van der Waals surface area contributed by atoms with Gasteiger partial charge in [-0.1, -0.05) is 29.8 Å². The van der Waals surface area contributed by atoms with Gasteiger partial charge >= 0.3 is 5.97 Å². The number of hydrogen-bond acceptors (Lipinski definition) is 3. The monoisotopic (exact) mass is 295 g/mol. The van der Waals surface area contributed by atoms with E-state index in [1.165, 1.54) is 5.56 Å². The van der Waals surface area contributed by atoms with E-state index < -0.39 is 0 Å². The van der Waals surface area contributed by atoms with Gasteiger partial charge in [-0.15, -0.1) is 0 Å². The van der Waals surface area contributed by atoms with Crippen LogP contribution in [0.15, 0.2) is 48.5 Å². The van der Waals surface area contributed by atoms with Crippen molar-refractivity contribution in [2.45, 2.75) is 13.8 Å². The van der Waals surface area contributed by atoms with Gasteiger partial charge in [-0.25, -0.2) is 4.79 Å². The van der Waals surface area contributed by atoms with Gasteiger partial charge in [-0.05, 0) is 38.1 Å². The van der Waals surface area contributed by atoms with Gasteiger partial charge in [0.1, 0.15) is 11.4 Å². The number of rotatable bonds is 4. The van der Waals surface area contributed by atoms with Crippen molar-refractivity contribution in [3.63, 3.8) is 0 Å². The van der Waals surface area contributed by atoms with Crippen LogP contribution >= 0.6 is 0 Å². The summed E-state index contributed by atoms with van der Waals surface area (Å²) in [5.41, 5.74) is 2.39. The number of carbonyl (C=O) groups excluding carboxylic acids is 1. The Morgan fingerprint density at radius 1 is 1.14 bits per heavy atom. The Labute approximate surface area is 128 Å². The highest BCUT2D eigenvalue weighted by Gasteiger charge is 2.13. The summed E-state index contributed by atoms with van der Waals surface area (Å²) in [5, 5.41) is 0.910. The zero-order valence-corrected chi connectivity index (χ0v) is 12.6. The minimum Gasteiger partial charge on any atom is -0.461 e. The van der Waals surface area contributed by atoms with E-state index in [0.717, 1.165) is 16.7 Å². The predicted octanol–water partition coefficient (Wildman–Crippen LogP) is 4.45. The third kappa shape index (κ3) is 2.81. The van der Waals surface area contributed by atoms with E-state index in [1.807, 2.05) is 49.4 Å². The zero-order chi connectivity index (χ0) is 15.5. The van der Waals surface area contributed by atoms with Crippen molar-refractivity contribution in [1.82, 2.24) is 4.98 Å². The first-order chi connectivity index (χ1) is 10.7. The molecule has 1 N–H and O–H groups in total. The molecule has 3 rings (SSSR count). The van der Waals surface area contributed by atoms with Crippen molar-refractivity contribution in [1.29, 1.82) is 0 Å². The molecule has 4 heteroatoms. The van der Waals surface area contributed by atoms with Crippen LogP contribution in [0.5, 0.6) is 11.5 Å². The van der Waals surface area contributed by atoms with Crippen molar-refractivity contribution >= 4 is 16.9 Å². The normalized spacial score (nSPS) is 10.6. The number of aryl methyl sites for hydroxylation is 1. The van der Waals surface area contributed by atoms with Crippen LogP contribution < -0.4 is 4.74 Å². The van der Waals surface area contributed by atoms with E-state index in [-0.39, 0.29) is 5.97 Å². The summed E-state index contributed by atoms with van der Waals surface area (Å²) < 4.78 is 10.9. The highest BCUT2D eigenvalue weighted by atomic mass is 16.5. The maximum absolute atomic E-state index is 11.8. The molecule has 2 aromatic carbocycles.